The first-order valence-electron chi connectivity index (χ1n) is 9.95. The molecule has 0 amide bonds. The molecule has 0 bridgehead atoms. The number of aromatic nitrogens is 1. The summed E-state index contributed by atoms with van der Waals surface area (Å²) in [4.78, 5) is 0. The largest absolute Gasteiger partial charge is 0.212 e. The lowest BCUT2D eigenvalue weighted by atomic mass is 9.86. The van der Waals surface area contributed by atoms with Gasteiger partial charge in [-0.05, 0) is 47.4 Å². The van der Waals surface area contributed by atoms with Gasteiger partial charge in [-0.3, -0.25) is 0 Å². The molecule has 0 atom stereocenters. The maximum Gasteiger partial charge on any atom is 0.212 e. The molecular formula is C24H38NSi+. The van der Waals surface area contributed by atoms with E-state index in [4.69, 9.17) is 0 Å². The molecule has 1 aromatic carbocycles. The van der Waals surface area contributed by atoms with Gasteiger partial charge in [-0.15, -0.1) is 0 Å². The van der Waals surface area contributed by atoms with Crippen LogP contribution in [0.1, 0.15) is 51.3 Å². The zero-order valence-electron chi connectivity index (χ0n) is 18.6. The molecule has 0 radical (unpaired) electrons. The normalized spacial score (nSPS) is 12.7. The molecule has 2 heteroatoms. The van der Waals surface area contributed by atoms with Crippen molar-refractivity contribution in [2.24, 2.45) is 13.0 Å². The predicted octanol–water partition coefficient (Wildman–Crippen LogP) is 5.53. The molecule has 0 fully saturated rings. The van der Waals surface area contributed by atoms with E-state index in [9.17, 15) is 0 Å². The quantitative estimate of drug-likeness (QED) is 0.493. The van der Waals surface area contributed by atoms with Gasteiger partial charge in [0.2, 0.25) is 5.69 Å². The molecule has 26 heavy (non-hydrogen) atoms. The van der Waals surface area contributed by atoms with Crippen LogP contribution in [0.15, 0.2) is 30.5 Å². The fourth-order valence-corrected chi connectivity index (χ4v) is 5.58. The Balaban J connectivity index is 2.64. The summed E-state index contributed by atoms with van der Waals surface area (Å²) in [6.07, 6.45) is 3.55. The SMILES string of the molecule is Cc1cc(CC(C)C)ccc1-c1cc(C(C)(C)C)c([Si](C)(C)C)c[n+]1C. The Kier molecular flexibility index (Phi) is 5.87. The summed E-state index contributed by atoms with van der Waals surface area (Å²) in [5.74, 6) is 0.694. The minimum atomic E-state index is -1.40. The first-order valence-corrected chi connectivity index (χ1v) is 13.4. The van der Waals surface area contributed by atoms with E-state index in [-0.39, 0.29) is 5.41 Å². The molecule has 0 aliphatic heterocycles. The molecule has 1 heterocycles. The summed E-state index contributed by atoms with van der Waals surface area (Å²) in [7, 11) is 0.797. The highest BCUT2D eigenvalue weighted by molar-refractivity contribution is 6.89. The van der Waals surface area contributed by atoms with Gasteiger partial charge in [0.15, 0.2) is 6.20 Å². The van der Waals surface area contributed by atoms with Crippen molar-refractivity contribution in [3.05, 3.63) is 47.2 Å². The van der Waals surface area contributed by atoms with Crippen LogP contribution in [-0.4, -0.2) is 8.07 Å². The van der Waals surface area contributed by atoms with Gasteiger partial charge in [0.1, 0.15) is 7.05 Å². The maximum atomic E-state index is 2.46. The highest BCUT2D eigenvalue weighted by Crippen LogP contribution is 2.28. The zero-order chi connectivity index (χ0) is 19.9. The van der Waals surface area contributed by atoms with Crippen LogP contribution in [0.3, 0.4) is 0 Å². The average molecular weight is 369 g/mol. The monoisotopic (exact) mass is 368 g/mol. The van der Waals surface area contributed by atoms with Crippen molar-refractivity contribution in [1.29, 1.82) is 0 Å². The van der Waals surface area contributed by atoms with Crippen molar-refractivity contribution in [1.82, 2.24) is 0 Å². The van der Waals surface area contributed by atoms with E-state index < -0.39 is 8.07 Å². The van der Waals surface area contributed by atoms with Crippen LogP contribution in [0.4, 0.5) is 0 Å². The molecule has 2 rings (SSSR count). The topological polar surface area (TPSA) is 3.88 Å². The summed E-state index contributed by atoms with van der Waals surface area (Å²) in [6, 6.07) is 9.46. The maximum absolute atomic E-state index is 2.46. The number of rotatable bonds is 4. The molecule has 0 spiro atoms. The fraction of sp³-hybridized carbons (Fsp3) is 0.542. The smallest absolute Gasteiger partial charge is 0.201 e. The summed E-state index contributed by atoms with van der Waals surface area (Å²) in [5, 5.41) is 1.57. The Morgan fingerprint density at radius 1 is 1.04 bits per heavy atom. The Morgan fingerprint density at radius 3 is 2.12 bits per heavy atom. The Bertz CT molecular complexity index is 789. The van der Waals surface area contributed by atoms with Crippen LogP contribution in [0.5, 0.6) is 0 Å². The Hall–Kier alpha value is -1.41. The van der Waals surface area contributed by atoms with Crippen LogP contribution in [0.25, 0.3) is 11.3 Å². The highest BCUT2D eigenvalue weighted by atomic mass is 28.3. The number of benzene rings is 1. The van der Waals surface area contributed by atoms with Gasteiger partial charge in [-0.2, -0.15) is 0 Å². The number of pyridine rings is 1. The van der Waals surface area contributed by atoms with Crippen molar-refractivity contribution in [2.75, 3.05) is 0 Å². The van der Waals surface area contributed by atoms with Crippen molar-refractivity contribution < 1.29 is 4.57 Å². The molecule has 142 valence electrons. The minimum absolute atomic E-state index is 0.157. The second-order valence-electron chi connectivity index (χ2n) is 10.3. The second-order valence-corrected chi connectivity index (χ2v) is 15.4. The van der Waals surface area contributed by atoms with Gasteiger partial charge in [0, 0.05) is 16.8 Å². The molecule has 0 aliphatic rings. The van der Waals surface area contributed by atoms with E-state index in [1.165, 1.54) is 27.9 Å². The summed E-state index contributed by atoms with van der Waals surface area (Å²) < 4.78 is 2.34. The van der Waals surface area contributed by atoms with Gasteiger partial charge in [0.05, 0.1) is 8.07 Å². The van der Waals surface area contributed by atoms with E-state index in [0.29, 0.717) is 5.92 Å². The first-order chi connectivity index (χ1) is 11.8. The molecule has 0 aliphatic carbocycles. The van der Waals surface area contributed by atoms with Crippen LogP contribution in [0, 0.1) is 12.8 Å². The van der Waals surface area contributed by atoms with E-state index in [1.54, 1.807) is 5.19 Å². The molecule has 0 N–H and O–H groups in total. The van der Waals surface area contributed by atoms with Crippen LogP contribution in [0.2, 0.25) is 19.6 Å². The zero-order valence-corrected chi connectivity index (χ0v) is 19.6. The molecule has 0 saturated carbocycles. The molecule has 1 nitrogen and oxygen atoms in total. The molecule has 2 aromatic rings. The second kappa shape index (κ2) is 7.30. The lowest BCUT2D eigenvalue weighted by Crippen LogP contribution is -2.49. The highest BCUT2D eigenvalue weighted by Gasteiger charge is 2.31. The third-order valence-electron chi connectivity index (χ3n) is 5.10. The number of hydrogen-bond acceptors (Lipinski definition) is 0. The standard InChI is InChI=1S/C24H38NSi/c1-17(2)13-19-11-12-20(18(3)14-19)22-15-21(24(4,5)6)23(16-25(22)7)26(8,9)10/h11-12,14-17H,13H2,1-10H3/q+1. The van der Waals surface area contributed by atoms with E-state index in [1.807, 2.05) is 0 Å². The van der Waals surface area contributed by atoms with E-state index in [2.05, 4.69) is 103 Å². The lowest BCUT2D eigenvalue weighted by Gasteiger charge is -2.28. The first kappa shape index (κ1) is 20.9. The minimum Gasteiger partial charge on any atom is -0.201 e. The molecular weight excluding hydrogens is 330 g/mol. The molecule has 0 unspecified atom stereocenters. The van der Waals surface area contributed by atoms with Crippen LogP contribution >= 0.6 is 0 Å². The third-order valence-corrected chi connectivity index (χ3v) is 7.12. The number of nitrogens with zero attached hydrogens (tertiary/aromatic N) is 1. The average Bonchev–Trinajstić information content (AvgIpc) is 2.45. The summed E-state index contributed by atoms with van der Waals surface area (Å²) in [5.41, 5.74) is 7.16. The van der Waals surface area contributed by atoms with Gasteiger partial charge >= 0.3 is 0 Å². The van der Waals surface area contributed by atoms with E-state index >= 15 is 0 Å². The molecule has 1 aromatic heterocycles. The predicted molar refractivity (Wildman–Crippen MR) is 118 cm³/mol. The van der Waals surface area contributed by atoms with Crippen molar-refractivity contribution in [3.8, 4) is 11.3 Å². The van der Waals surface area contributed by atoms with Gasteiger partial charge in [-0.1, -0.05) is 66.4 Å². The Labute approximate surface area is 162 Å². The number of aryl methyl sites for hydroxylation is 2. The lowest BCUT2D eigenvalue weighted by molar-refractivity contribution is -0.659. The summed E-state index contributed by atoms with van der Waals surface area (Å²) >= 11 is 0. The van der Waals surface area contributed by atoms with Crippen LogP contribution < -0.4 is 9.75 Å². The van der Waals surface area contributed by atoms with Crippen molar-refractivity contribution >= 4 is 13.3 Å². The van der Waals surface area contributed by atoms with Crippen LogP contribution in [-0.2, 0) is 18.9 Å². The van der Waals surface area contributed by atoms with Crippen molar-refractivity contribution in [3.63, 3.8) is 0 Å². The van der Waals surface area contributed by atoms with Gasteiger partial charge < -0.3 is 0 Å². The van der Waals surface area contributed by atoms with Gasteiger partial charge in [0.25, 0.3) is 0 Å². The number of hydrogen-bond donors (Lipinski definition) is 0. The Morgan fingerprint density at radius 2 is 1.65 bits per heavy atom. The fourth-order valence-electron chi connectivity index (χ4n) is 3.75. The summed E-state index contributed by atoms with van der Waals surface area (Å²) in [6.45, 7) is 21.2. The van der Waals surface area contributed by atoms with Gasteiger partial charge in [-0.25, -0.2) is 4.57 Å². The third kappa shape index (κ3) is 4.65. The molecule has 0 saturated heterocycles. The van der Waals surface area contributed by atoms with E-state index in [0.717, 1.165) is 6.42 Å². The van der Waals surface area contributed by atoms with Crippen molar-refractivity contribution in [2.45, 2.75) is 73.0 Å².